The van der Waals surface area contributed by atoms with Crippen molar-refractivity contribution in [1.82, 2.24) is 4.90 Å². The van der Waals surface area contributed by atoms with Crippen molar-refractivity contribution in [3.8, 4) is 0 Å². The quantitative estimate of drug-likeness (QED) is 0.863. The Balaban J connectivity index is 2.01. The third-order valence-electron chi connectivity index (χ3n) is 2.86. The lowest BCUT2D eigenvalue weighted by atomic mass is 10.2. The van der Waals surface area contributed by atoms with E-state index >= 15 is 0 Å². The molecule has 1 heterocycles. The molecular formula is C13H13BrN2O3. The Labute approximate surface area is 119 Å². The molecule has 0 atom stereocenters. The molecule has 5 nitrogen and oxygen atoms in total. The summed E-state index contributed by atoms with van der Waals surface area (Å²) in [5.41, 5.74) is 1.68. The second kappa shape index (κ2) is 5.52. The third kappa shape index (κ3) is 3.20. The van der Waals surface area contributed by atoms with E-state index in [0.717, 1.165) is 14.9 Å². The molecule has 100 valence electrons. The van der Waals surface area contributed by atoms with Gasteiger partial charge in [0.05, 0.1) is 5.69 Å². The van der Waals surface area contributed by atoms with Crippen molar-refractivity contribution in [2.45, 2.75) is 19.8 Å². The predicted octanol–water partition coefficient (Wildman–Crippen LogP) is 1.85. The minimum absolute atomic E-state index is 0.195. The van der Waals surface area contributed by atoms with Crippen LogP contribution in [0.1, 0.15) is 18.4 Å². The molecular weight excluding hydrogens is 312 g/mol. The number of nitrogens with one attached hydrogen (secondary N) is 1. The third-order valence-corrected chi connectivity index (χ3v) is 3.51. The zero-order chi connectivity index (χ0) is 14.0. The van der Waals surface area contributed by atoms with Crippen LogP contribution in [0.25, 0.3) is 0 Å². The minimum atomic E-state index is -0.381. The highest BCUT2D eigenvalue weighted by atomic mass is 79.9. The molecule has 0 radical (unpaired) electrons. The fourth-order valence-corrected chi connectivity index (χ4v) is 2.45. The molecule has 0 spiro atoms. The Kier molecular flexibility index (Phi) is 3.99. The van der Waals surface area contributed by atoms with E-state index in [-0.39, 0.29) is 37.1 Å². The van der Waals surface area contributed by atoms with Crippen LogP contribution in [-0.2, 0) is 14.4 Å². The van der Waals surface area contributed by atoms with E-state index in [9.17, 15) is 14.4 Å². The number of aryl methyl sites for hydroxylation is 1. The van der Waals surface area contributed by atoms with Gasteiger partial charge in [-0.15, -0.1) is 0 Å². The van der Waals surface area contributed by atoms with Crippen LogP contribution in [0.15, 0.2) is 22.7 Å². The average Bonchev–Trinajstić information content (AvgIpc) is 2.65. The van der Waals surface area contributed by atoms with Crippen LogP contribution in [0, 0.1) is 6.92 Å². The Morgan fingerprint density at radius 3 is 2.53 bits per heavy atom. The summed E-state index contributed by atoms with van der Waals surface area (Å²) in [5, 5.41) is 2.67. The summed E-state index contributed by atoms with van der Waals surface area (Å²) in [6.45, 7) is 1.72. The lowest BCUT2D eigenvalue weighted by Crippen LogP contribution is -2.36. The maximum Gasteiger partial charge on any atom is 0.244 e. The number of rotatable bonds is 3. The molecule has 0 saturated carbocycles. The predicted molar refractivity (Wildman–Crippen MR) is 73.5 cm³/mol. The molecule has 0 aromatic heterocycles. The molecule has 0 aliphatic carbocycles. The average molecular weight is 325 g/mol. The van der Waals surface area contributed by atoms with Gasteiger partial charge in [0.25, 0.3) is 0 Å². The first-order valence-corrected chi connectivity index (χ1v) is 6.66. The molecule has 1 fully saturated rings. The van der Waals surface area contributed by atoms with Crippen molar-refractivity contribution in [2.75, 3.05) is 11.9 Å². The highest BCUT2D eigenvalue weighted by Gasteiger charge is 2.30. The van der Waals surface area contributed by atoms with E-state index in [4.69, 9.17) is 0 Å². The number of hydrogen-bond donors (Lipinski definition) is 1. The fraction of sp³-hybridized carbons (Fsp3) is 0.308. The van der Waals surface area contributed by atoms with Crippen LogP contribution in [0.2, 0.25) is 0 Å². The number of halogens is 1. The van der Waals surface area contributed by atoms with Gasteiger partial charge in [0.1, 0.15) is 6.54 Å². The van der Waals surface area contributed by atoms with Gasteiger partial charge < -0.3 is 5.32 Å². The monoisotopic (exact) mass is 324 g/mol. The van der Waals surface area contributed by atoms with Crippen molar-refractivity contribution in [3.63, 3.8) is 0 Å². The maximum atomic E-state index is 11.8. The first-order valence-electron chi connectivity index (χ1n) is 5.86. The zero-order valence-electron chi connectivity index (χ0n) is 10.4. The van der Waals surface area contributed by atoms with Gasteiger partial charge in [-0.2, -0.15) is 0 Å². The molecule has 1 N–H and O–H groups in total. The van der Waals surface area contributed by atoms with Gasteiger partial charge >= 0.3 is 0 Å². The van der Waals surface area contributed by atoms with Crippen molar-refractivity contribution in [1.29, 1.82) is 0 Å². The van der Waals surface area contributed by atoms with Crippen molar-refractivity contribution >= 4 is 39.3 Å². The van der Waals surface area contributed by atoms with Crippen molar-refractivity contribution < 1.29 is 14.4 Å². The molecule has 0 unspecified atom stereocenters. The van der Waals surface area contributed by atoms with Crippen LogP contribution < -0.4 is 5.32 Å². The van der Waals surface area contributed by atoms with E-state index in [1.807, 2.05) is 19.1 Å². The number of carbonyl (C=O) groups excluding carboxylic acids is 3. The number of amides is 3. The van der Waals surface area contributed by atoms with Gasteiger partial charge in [-0.1, -0.05) is 6.07 Å². The Hall–Kier alpha value is -1.69. The number of imide groups is 1. The fourth-order valence-electron chi connectivity index (χ4n) is 1.85. The molecule has 1 aliphatic heterocycles. The number of anilines is 1. The van der Waals surface area contributed by atoms with Crippen LogP contribution >= 0.6 is 15.9 Å². The van der Waals surface area contributed by atoms with Gasteiger partial charge in [-0.05, 0) is 40.5 Å². The summed E-state index contributed by atoms with van der Waals surface area (Å²) in [6.07, 6.45) is 0.390. The van der Waals surface area contributed by atoms with Gasteiger partial charge in [-0.3, -0.25) is 19.3 Å². The first-order chi connectivity index (χ1) is 8.97. The molecule has 1 aromatic rings. The van der Waals surface area contributed by atoms with Crippen LogP contribution in [0.3, 0.4) is 0 Å². The van der Waals surface area contributed by atoms with E-state index in [1.165, 1.54) is 0 Å². The summed E-state index contributed by atoms with van der Waals surface area (Å²) < 4.78 is 0.764. The molecule has 6 heteroatoms. The SMILES string of the molecule is Cc1ccc(NC(=O)CN2C(=O)CCC2=O)c(Br)c1. The molecule has 1 aromatic carbocycles. The molecule has 3 amide bonds. The van der Waals surface area contributed by atoms with Crippen LogP contribution in [0.5, 0.6) is 0 Å². The second-order valence-corrected chi connectivity index (χ2v) is 5.26. The first kappa shape index (κ1) is 13.7. The second-order valence-electron chi connectivity index (χ2n) is 4.41. The lowest BCUT2D eigenvalue weighted by Gasteiger charge is -2.14. The maximum absolute atomic E-state index is 11.8. The summed E-state index contributed by atoms with van der Waals surface area (Å²) in [6, 6.07) is 5.51. The van der Waals surface area contributed by atoms with Gasteiger partial charge in [0, 0.05) is 17.3 Å². The number of carbonyl (C=O) groups is 3. The molecule has 0 bridgehead atoms. The number of likely N-dealkylation sites (tertiary alicyclic amines) is 1. The normalized spacial score (nSPS) is 14.9. The number of benzene rings is 1. The Morgan fingerprint density at radius 1 is 1.32 bits per heavy atom. The summed E-state index contributed by atoms with van der Waals surface area (Å²) in [7, 11) is 0. The minimum Gasteiger partial charge on any atom is -0.324 e. The number of nitrogens with zero attached hydrogens (tertiary/aromatic N) is 1. The standard InChI is InChI=1S/C13H13BrN2O3/c1-8-2-3-10(9(14)6-8)15-11(17)7-16-12(18)4-5-13(16)19/h2-3,6H,4-5,7H2,1H3,(H,15,17). The van der Waals surface area contributed by atoms with Gasteiger partial charge in [0.2, 0.25) is 17.7 Å². The van der Waals surface area contributed by atoms with Crippen molar-refractivity contribution in [3.05, 3.63) is 28.2 Å². The van der Waals surface area contributed by atoms with E-state index in [2.05, 4.69) is 21.2 Å². The summed E-state index contributed by atoms with van der Waals surface area (Å²) in [5.74, 6) is -0.959. The smallest absolute Gasteiger partial charge is 0.244 e. The van der Waals surface area contributed by atoms with Crippen LogP contribution in [0.4, 0.5) is 5.69 Å². The Bertz CT molecular complexity index is 541. The van der Waals surface area contributed by atoms with Gasteiger partial charge in [0.15, 0.2) is 0 Å². The highest BCUT2D eigenvalue weighted by Crippen LogP contribution is 2.23. The molecule has 19 heavy (non-hydrogen) atoms. The Morgan fingerprint density at radius 2 is 1.95 bits per heavy atom. The van der Waals surface area contributed by atoms with E-state index < -0.39 is 0 Å². The molecule has 2 rings (SSSR count). The molecule has 1 saturated heterocycles. The summed E-state index contributed by atoms with van der Waals surface area (Å²) >= 11 is 3.35. The van der Waals surface area contributed by atoms with Crippen LogP contribution in [-0.4, -0.2) is 29.2 Å². The van der Waals surface area contributed by atoms with Crippen molar-refractivity contribution in [2.24, 2.45) is 0 Å². The topological polar surface area (TPSA) is 66.5 Å². The number of hydrogen-bond acceptors (Lipinski definition) is 3. The van der Waals surface area contributed by atoms with Gasteiger partial charge in [-0.25, -0.2) is 0 Å². The van der Waals surface area contributed by atoms with E-state index in [1.54, 1.807) is 6.07 Å². The molecule has 1 aliphatic rings. The van der Waals surface area contributed by atoms with E-state index in [0.29, 0.717) is 5.69 Å². The zero-order valence-corrected chi connectivity index (χ0v) is 12.0. The lowest BCUT2D eigenvalue weighted by molar-refractivity contribution is -0.141. The highest BCUT2D eigenvalue weighted by molar-refractivity contribution is 9.10. The largest absolute Gasteiger partial charge is 0.324 e. The summed E-state index contributed by atoms with van der Waals surface area (Å²) in [4.78, 5) is 35.6.